The topological polar surface area (TPSA) is 37.3 Å². The maximum Gasteiger partial charge on any atom is 0.151 e. The molecule has 17 heavy (non-hydrogen) atoms. The molecule has 1 heterocycles. The molecule has 2 rings (SSSR count). The zero-order chi connectivity index (χ0) is 12.1. The summed E-state index contributed by atoms with van der Waals surface area (Å²) in [6.07, 6.45) is 1.76. The van der Waals surface area contributed by atoms with Crippen LogP contribution in [-0.4, -0.2) is 17.9 Å². The van der Waals surface area contributed by atoms with Gasteiger partial charge in [0.05, 0.1) is 0 Å². The molecule has 3 nitrogen and oxygen atoms in total. The maximum atomic E-state index is 4.28. The van der Waals surface area contributed by atoms with Crippen molar-refractivity contribution in [2.75, 3.05) is 12.4 Å². The monoisotopic (exact) mass is 225 g/mol. The molecule has 0 unspecified atom stereocenters. The SMILES string of the molecule is CN=C(Nc1cccc(C)c1)c1ccccn1. The predicted octanol–water partition coefficient (Wildman–Crippen LogP) is 2.88. The standard InChI is InChI=1S/C14H15N3/c1-11-6-5-7-12(10-11)17-14(15-2)13-8-3-4-9-16-13/h3-10H,1-2H3,(H,15,17). The molecule has 0 amide bonds. The number of rotatable bonds is 2. The van der Waals surface area contributed by atoms with Crippen molar-refractivity contribution >= 4 is 11.5 Å². The highest BCUT2D eigenvalue weighted by Gasteiger charge is 2.03. The van der Waals surface area contributed by atoms with Crippen LogP contribution < -0.4 is 5.32 Å². The molecule has 0 saturated heterocycles. The van der Waals surface area contributed by atoms with Crippen LogP contribution in [0.1, 0.15) is 11.3 Å². The van der Waals surface area contributed by atoms with Crippen LogP contribution in [0, 0.1) is 6.92 Å². The van der Waals surface area contributed by atoms with Crippen molar-refractivity contribution in [2.24, 2.45) is 4.99 Å². The normalized spacial score (nSPS) is 11.3. The molecule has 0 aliphatic heterocycles. The van der Waals surface area contributed by atoms with Crippen molar-refractivity contribution in [3.8, 4) is 0 Å². The lowest BCUT2D eigenvalue weighted by Gasteiger charge is -2.09. The minimum Gasteiger partial charge on any atom is -0.339 e. The first-order chi connectivity index (χ1) is 8.29. The molecule has 1 aromatic heterocycles. The van der Waals surface area contributed by atoms with E-state index in [1.165, 1.54) is 5.56 Å². The summed E-state index contributed by atoms with van der Waals surface area (Å²) in [6.45, 7) is 2.06. The van der Waals surface area contributed by atoms with E-state index in [-0.39, 0.29) is 0 Å². The van der Waals surface area contributed by atoms with Gasteiger partial charge in [0, 0.05) is 18.9 Å². The summed E-state index contributed by atoms with van der Waals surface area (Å²) in [4.78, 5) is 8.50. The highest BCUT2D eigenvalue weighted by Crippen LogP contribution is 2.11. The molecular weight excluding hydrogens is 210 g/mol. The minimum absolute atomic E-state index is 0.774. The molecule has 0 radical (unpaired) electrons. The Labute approximate surface area is 101 Å². The third-order valence-electron chi connectivity index (χ3n) is 2.41. The Bertz CT molecular complexity index is 518. The van der Waals surface area contributed by atoms with E-state index in [1.807, 2.05) is 30.3 Å². The number of hydrogen-bond donors (Lipinski definition) is 1. The number of anilines is 1. The van der Waals surface area contributed by atoms with Gasteiger partial charge in [-0.05, 0) is 36.8 Å². The molecule has 0 atom stereocenters. The maximum absolute atomic E-state index is 4.28. The van der Waals surface area contributed by atoms with Crippen molar-refractivity contribution < 1.29 is 0 Å². The van der Waals surface area contributed by atoms with E-state index in [4.69, 9.17) is 0 Å². The van der Waals surface area contributed by atoms with Crippen LogP contribution in [0.25, 0.3) is 0 Å². The predicted molar refractivity (Wildman–Crippen MR) is 71.5 cm³/mol. The lowest BCUT2D eigenvalue weighted by Crippen LogP contribution is -2.14. The number of nitrogens with one attached hydrogen (secondary N) is 1. The van der Waals surface area contributed by atoms with Gasteiger partial charge in [0.25, 0.3) is 0 Å². The van der Waals surface area contributed by atoms with Crippen LogP contribution in [-0.2, 0) is 0 Å². The van der Waals surface area contributed by atoms with E-state index in [9.17, 15) is 0 Å². The van der Waals surface area contributed by atoms with Crippen LogP contribution in [0.15, 0.2) is 53.7 Å². The minimum atomic E-state index is 0.774. The van der Waals surface area contributed by atoms with Gasteiger partial charge in [-0.15, -0.1) is 0 Å². The fourth-order valence-corrected chi connectivity index (χ4v) is 1.60. The average Bonchev–Trinajstić information content (AvgIpc) is 2.37. The van der Waals surface area contributed by atoms with Crippen LogP contribution in [0.5, 0.6) is 0 Å². The summed E-state index contributed by atoms with van der Waals surface area (Å²) in [5, 5.41) is 3.27. The van der Waals surface area contributed by atoms with Gasteiger partial charge < -0.3 is 5.32 Å². The molecule has 3 heteroatoms. The summed E-state index contributed by atoms with van der Waals surface area (Å²) in [7, 11) is 1.76. The van der Waals surface area contributed by atoms with E-state index >= 15 is 0 Å². The fourth-order valence-electron chi connectivity index (χ4n) is 1.60. The van der Waals surface area contributed by atoms with Crippen molar-refractivity contribution in [1.29, 1.82) is 0 Å². The number of benzene rings is 1. The average molecular weight is 225 g/mol. The highest BCUT2D eigenvalue weighted by molar-refractivity contribution is 6.06. The van der Waals surface area contributed by atoms with Gasteiger partial charge in [-0.3, -0.25) is 9.98 Å². The highest BCUT2D eigenvalue weighted by atomic mass is 15.0. The van der Waals surface area contributed by atoms with Crippen molar-refractivity contribution in [3.63, 3.8) is 0 Å². The second-order valence-electron chi connectivity index (χ2n) is 3.78. The summed E-state index contributed by atoms with van der Waals surface area (Å²) < 4.78 is 0. The smallest absolute Gasteiger partial charge is 0.151 e. The third-order valence-corrected chi connectivity index (χ3v) is 2.41. The van der Waals surface area contributed by atoms with Gasteiger partial charge >= 0.3 is 0 Å². The Balaban J connectivity index is 2.23. The molecule has 0 aliphatic rings. The first-order valence-corrected chi connectivity index (χ1v) is 5.51. The summed E-state index contributed by atoms with van der Waals surface area (Å²) in [5.74, 6) is 0.774. The van der Waals surface area contributed by atoms with E-state index in [2.05, 4.69) is 34.3 Å². The fraction of sp³-hybridized carbons (Fsp3) is 0.143. The molecule has 1 N–H and O–H groups in total. The van der Waals surface area contributed by atoms with Gasteiger partial charge in [0.15, 0.2) is 5.84 Å². The quantitative estimate of drug-likeness (QED) is 0.630. The Morgan fingerprint density at radius 3 is 2.71 bits per heavy atom. The van der Waals surface area contributed by atoms with E-state index < -0.39 is 0 Å². The number of aryl methyl sites for hydroxylation is 1. The Morgan fingerprint density at radius 2 is 2.06 bits per heavy atom. The summed E-state index contributed by atoms with van der Waals surface area (Å²) in [6, 6.07) is 14.0. The third kappa shape index (κ3) is 2.91. The molecule has 0 saturated carbocycles. The van der Waals surface area contributed by atoms with E-state index in [0.29, 0.717) is 0 Å². The zero-order valence-electron chi connectivity index (χ0n) is 10.0. The van der Waals surface area contributed by atoms with Gasteiger partial charge in [-0.2, -0.15) is 0 Å². The number of nitrogens with zero attached hydrogens (tertiary/aromatic N) is 2. The summed E-state index contributed by atoms with van der Waals surface area (Å²) >= 11 is 0. The number of aromatic nitrogens is 1. The van der Waals surface area contributed by atoms with Gasteiger partial charge in [-0.25, -0.2) is 0 Å². The first kappa shape index (κ1) is 11.3. The number of aliphatic imine (C=N–C) groups is 1. The zero-order valence-corrected chi connectivity index (χ0v) is 10.0. The van der Waals surface area contributed by atoms with Gasteiger partial charge in [0.2, 0.25) is 0 Å². The van der Waals surface area contributed by atoms with Crippen molar-refractivity contribution in [1.82, 2.24) is 4.98 Å². The molecule has 0 aliphatic carbocycles. The molecule has 86 valence electrons. The second kappa shape index (κ2) is 5.25. The lowest BCUT2D eigenvalue weighted by molar-refractivity contribution is 1.26. The van der Waals surface area contributed by atoms with Crippen molar-refractivity contribution in [3.05, 3.63) is 59.9 Å². The van der Waals surface area contributed by atoms with Crippen LogP contribution >= 0.6 is 0 Å². The Hall–Kier alpha value is -2.16. The van der Waals surface area contributed by atoms with Crippen LogP contribution in [0.2, 0.25) is 0 Å². The molecule has 1 aromatic carbocycles. The molecule has 0 spiro atoms. The summed E-state index contributed by atoms with van der Waals surface area (Å²) in [5.41, 5.74) is 3.08. The molecule has 0 fully saturated rings. The van der Waals surface area contributed by atoms with E-state index in [0.717, 1.165) is 17.2 Å². The Kier molecular flexibility index (Phi) is 3.50. The Morgan fingerprint density at radius 1 is 1.18 bits per heavy atom. The van der Waals surface area contributed by atoms with E-state index in [1.54, 1.807) is 13.2 Å². The van der Waals surface area contributed by atoms with Crippen LogP contribution in [0.3, 0.4) is 0 Å². The number of amidine groups is 1. The second-order valence-corrected chi connectivity index (χ2v) is 3.78. The van der Waals surface area contributed by atoms with Gasteiger partial charge in [0.1, 0.15) is 5.69 Å². The van der Waals surface area contributed by atoms with Crippen molar-refractivity contribution in [2.45, 2.75) is 6.92 Å². The largest absolute Gasteiger partial charge is 0.339 e. The number of pyridine rings is 1. The number of hydrogen-bond acceptors (Lipinski definition) is 2. The first-order valence-electron chi connectivity index (χ1n) is 5.51. The molecular formula is C14H15N3. The van der Waals surface area contributed by atoms with Gasteiger partial charge in [-0.1, -0.05) is 18.2 Å². The van der Waals surface area contributed by atoms with Crippen LogP contribution in [0.4, 0.5) is 5.69 Å². The molecule has 0 bridgehead atoms. The lowest BCUT2D eigenvalue weighted by atomic mass is 10.2. The molecule has 2 aromatic rings.